The molecule has 0 spiro atoms. The van der Waals surface area contributed by atoms with Crippen molar-refractivity contribution < 1.29 is 10.2 Å². The number of aliphatic hydroxyl groups is 2. The summed E-state index contributed by atoms with van der Waals surface area (Å²) in [4.78, 5) is 4.22. The van der Waals surface area contributed by atoms with Gasteiger partial charge in [0.15, 0.2) is 0 Å². The average Bonchev–Trinajstić information content (AvgIpc) is 2.18. The zero-order valence-electron chi connectivity index (χ0n) is 10.5. The first-order chi connectivity index (χ1) is 7.21. The van der Waals surface area contributed by atoms with Crippen LogP contribution in [0.25, 0.3) is 0 Å². The van der Waals surface area contributed by atoms with Crippen LogP contribution in [-0.2, 0) is 11.2 Å². The normalized spacial score (nSPS) is 11.8. The minimum absolute atomic E-state index is 0.567. The van der Waals surface area contributed by atoms with Crippen molar-refractivity contribution in [3.63, 3.8) is 0 Å². The molecule has 0 saturated carbocycles. The summed E-state index contributed by atoms with van der Waals surface area (Å²) in [6.45, 7) is 6.68. The second-order valence-corrected chi connectivity index (χ2v) is 4.53. The molecule has 0 aliphatic carbocycles. The molecule has 0 bridgehead atoms. The van der Waals surface area contributed by atoms with Crippen LogP contribution in [0, 0.1) is 0 Å². The van der Waals surface area contributed by atoms with Crippen LogP contribution < -0.4 is 0 Å². The third-order valence-electron chi connectivity index (χ3n) is 2.00. The molecule has 3 nitrogen and oxygen atoms in total. The minimum atomic E-state index is -0.971. The summed E-state index contributed by atoms with van der Waals surface area (Å²) in [6, 6.07) is 5.28. The van der Waals surface area contributed by atoms with Crippen LogP contribution in [0.2, 0.25) is 4.63 Å². The predicted octanol–water partition coefficient (Wildman–Crippen LogP) is 1.74. The molecule has 0 aliphatic rings. The van der Waals surface area contributed by atoms with E-state index < -0.39 is 11.2 Å². The van der Waals surface area contributed by atoms with E-state index in [0.717, 1.165) is 0 Å². The number of aromatic nitrogens is 1. The van der Waals surface area contributed by atoms with E-state index in [2.05, 4.69) is 9.62 Å². The van der Waals surface area contributed by atoms with E-state index in [0.29, 0.717) is 11.4 Å². The quantitative estimate of drug-likeness (QED) is 0.719. The number of hydrogen-bond donors (Lipinski definition) is 2. The summed E-state index contributed by atoms with van der Waals surface area (Å²) in [6.07, 6.45) is 0. The molecule has 0 unspecified atom stereocenters. The average molecular weight is 419 g/mol. The number of hydrogen-bond acceptors (Lipinski definition) is 3. The molecule has 2 N–H and O–H groups in total. The van der Waals surface area contributed by atoms with Gasteiger partial charge in [0.05, 0.1) is 11.4 Å². The molecular formula is C12H20BiNO2. The van der Waals surface area contributed by atoms with Crippen molar-refractivity contribution in [2.75, 3.05) is 0 Å². The summed E-state index contributed by atoms with van der Waals surface area (Å²) in [5.41, 5.74) is -0.808. The van der Waals surface area contributed by atoms with Crippen molar-refractivity contribution in [2.45, 2.75) is 43.5 Å². The SMILES string of the molecule is CC(C)(O)c1cccc(C(C)(C)O)n1.[CH3][Bi]. The van der Waals surface area contributed by atoms with Crippen LogP contribution >= 0.6 is 0 Å². The van der Waals surface area contributed by atoms with Crippen LogP contribution in [0.5, 0.6) is 0 Å². The van der Waals surface area contributed by atoms with Gasteiger partial charge in [-0.05, 0) is 39.8 Å². The van der Waals surface area contributed by atoms with Gasteiger partial charge in [-0.1, -0.05) is 6.07 Å². The van der Waals surface area contributed by atoms with Crippen molar-refractivity contribution in [3.8, 4) is 0 Å². The van der Waals surface area contributed by atoms with Gasteiger partial charge in [0.25, 0.3) is 0 Å². The molecule has 1 aromatic heterocycles. The fourth-order valence-corrected chi connectivity index (χ4v) is 1.12. The van der Waals surface area contributed by atoms with Crippen molar-refractivity contribution in [1.82, 2.24) is 4.98 Å². The summed E-state index contributed by atoms with van der Waals surface area (Å²) in [7, 11) is 0. The van der Waals surface area contributed by atoms with Gasteiger partial charge in [0.1, 0.15) is 11.2 Å². The van der Waals surface area contributed by atoms with E-state index in [1.54, 1.807) is 45.9 Å². The maximum atomic E-state index is 9.74. The Hall–Kier alpha value is -0.0469. The molecule has 1 heterocycles. The molecule has 0 fully saturated rings. The Morgan fingerprint density at radius 1 is 0.938 bits per heavy atom. The number of pyridine rings is 1. The van der Waals surface area contributed by atoms with E-state index in [1.807, 2.05) is 0 Å². The Morgan fingerprint density at radius 3 is 1.50 bits per heavy atom. The monoisotopic (exact) mass is 419 g/mol. The molecule has 0 aromatic carbocycles. The van der Waals surface area contributed by atoms with Gasteiger partial charge in [-0.15, -0.1) is 0 Å². The zero-order chi connectivity index (χ0) is 13.0. The predicted molar refractivity (Wildman–Crippen MR) is 66.3 cm³/mol. The molecule has 0 atom stereocenters. The first-order valence-electron chi connectivity index (χ1n) is 5.09. The Labute approximate surface area is 113 Å². The Kier molecular flexibility index (Phi) is 6.02. The van der Waals surface area contributed by atoms with Gasteiger partial charge in [-0.3, -0.25) is 4.98 Å². The topological polar surface area (TPSA) is 53.4 Å². The van der Waals surface area contributed by atoms with Crippen molar-refractivity contribution in [1.29, 1.82) is 0 Å². The molecule has 4 heteroatoms. The summed E-state index contributed by atoms with van der Waals surface area (Å²) >= 11 is 1.44. The third-order valence-corrected chi connectivity index (χ3v) is 2.00. The fraction of sp³-hybridized carbons (Fsp3) is 0.583. The Balaban J connectivity index is 0.00000106. The van der Waals surface area contributed by atoms with Gasteiger partial charge in [0.2, 0.25) is 0 Å². The molecule has 0 saturated heterocycles. The van der Waals surface area contributed by atoms with Crippen LogP contribution in [-0.4, -0.2) is 39.9 Å². The molecular weight excluding hydrogens is 399 g/mol. The van der Waals surface area contributed by atoms with Gasteiger partial charge in [-0.25, -0.2) is 0 Å². The van der Waals surface area contributed by atoms with Gasteiger partial charge in [-0.2, -0.15) is 0 Å². The van der Waals surface area contributed by atoms with Crippen LogP contribution in [0.4, 0.5) is 0 Å². The third kappa shape index (κ3) is 4.86. The number of rotatable bonds is 2. The molecule has 1 aromatic rings. The molecule has 0 aliphatic heterocycles. The summed E-state index contributed by atoms with van der Waals surface area (Å²) in [5.74, 6) is 0. The second-order valence-electron chi connectivity index (χ2n) is 4.53. The Morgan fingerprint density at radius 2 is 1.25 bits per heavy atom. The van der Waals surface area contributed by atoms with Gasteiger partial charge >= 0.3 is 29.4 Å². The zero-order valence-corrected chi connectivity index (χ0v) is 14.0. The first kappa shape index (κ1) is 16.0. The van der Waals surface area contributed by atoms with E-state index in [4.69, 9.17) is 0 Å². The van der Waals surface area contributed by atoms with E-state index >= 15 is 0 Å². The fourth-order valence-electron chi connectivity index (χ4n) is 1.12. The Bertz CT molecular complexity index is 297. The van der Waals surface area contributed by atoms with Crippen LogP contribution in [0.3, 0.4) is 0 Å². The summed E-state index contributed by atoms with van der Waals surface area (Å²) < 4.78 is 2.11. The van der Waals surface area contributed by atoms with E-state index in [1.165, 1.54) is 24.7 Å². The van der Waals surface area contributed by atoms with Crippen molar-refractivity contribution in [2.24, 2.45) is 0 Å². The van der Waals surface area contributed by atoms with Gasteiger partial charge in [0, 0.05) is 0 Å². The second kappa shape index (κ2) is 6.04. The maximum absolute atomic E-state index is 9.74. The van der Waals surface area contributed by atoms with Crippen LogP contribution in [0.15, 0.2) is 18.2 Å². The molecule has 2 radical (unpaired) electrons. The van der Waals surface area contributed by atoms with Crippen molar-refractivity contribution in [3.05, 3.63) is 29.6 Å². The molecule has 1 rings (SSSR count). The summed E-state index contributed by atoms with van der Waals surface area (Å²) in [5, 5.41) is 19.5. The van der Waals surface area contributed by atoms with Gasteiger partial charge < -0.3 is 10.2 Å². The molecule has 90 valence electrons. The number of nitrogens with zero attached hydrogens (tertiary/aromatic N) is 1. The standard InChI is InChI=1S/C11H17NO2.CH3.Bi/c1-10(2,13)8-6-5-7-9(12-8)11(3,4)14;;/h5-7,13-14H,1-4H3;1H3;. The first-order valence-corrected chi connectivity index (χ1v) is 8.56. The molecule has 0 amide bonds. The molecule has 16 heavy (non-hydrogen) atoms. The van der Waals surface area contributed by atoms with Crippen molar-refractivity contribution >= 4 is 24.7 Å². The van der Waals surface area contributed by atoms with Crippen LogP contribution in [0.1, 0.15) is 39.1 Å². The van der Waals surface area contributed by atoms with E-state index in [-0.39, 0.29) is 0 Å². The van der Waals surface area contributed by atoms with E-state index in [9.17, 15) is 10.2 Å².